The zero-order valence-electron chi connectivity index (χ0n) is 10.8. The molecule has 5 heteroatoms. The van der Waals surface area contributed by atoms with Crippen molar-refractivity contribution in [3.05, 3.63) is 67.8 Å². The van der Waals surface area contributed by atoms with Crippen LogP contribution in [0.15, 0.2) is 36.4 Å². The van der Waals surface area contributed by atoms with Crippen molar-refractivity contribution < 1.29 is 8.78 Å². The molecule has 106 valence electrons. The first kappa shape index (κ1) is 15.7. The van der Waals surface area contributed by atoms with Gasteiger partial charge in [-0.15, -0.1) is 0 Å². The maximum Gasteiger partial charge on any atom is 0.126 e. The van der Waals surface area contributed by atoms with Crippen LogP contribution in [-0.2, 0) is 0 Å². The topological polar surface area (TPSA) is 12.0 Å². The minimum Gasteiger partial charge on any atom is -0.307 e. The van der Waals surface area contributed by atoms with Crippen molar-refractivity contribution >= 4 is 34.2 Å². The molecule has 0 radical (unpaired) electrons. The molecule has 0 fully saturated rings. The molecule has 1 atom stereocenters. The van der Waals surface area contributed by atoms with Crippen LogP contribution in [0.25, 0.3) is 0 Å². The number of benzene rings is 2. The van der Waals surface area contributed by atoms with Gasteiger partial charge in [-0.3, -0.25) is 0 Å². The highest BCUT2D eigenvalue weighted by molar-refractivity contribution is 14.1. The molecule has 2 aromatic rings. The molecule has 20 heavy (non-hydrogen) atoms. The molecule has 0 spiro atoms. The van der Waals surface area contributed by atoms with Crippen LogP contribution in [0, 0.1) is 15.2 Å². The van der Waals surface area contributed by atoms with E-state index in [-0.39, 0.29) is 6.04 Å². The Bertz CT molecular complexity index is 599. The highest BCUT2D eigenvalue weighted by Crippen LogP contribution is 2.28. The summed E-state index contributed by atoms with van der Waals surface area (Å²) < 4.78 is 27.7. The van der Waals surface area contributed by atoms with E-state index in [9.17, 15) is 8.78 Å². The monoisotopic (exact) mass is 407 g/mol. The van der Waals surface area contributed by atoms with E-state index >= 15 is 0 Å². The third-order valence-electron chi connectivity index (χ3n) is 2.90. The number of hydrogen-bond acceptors (Lipinski definition) is 1. The SMILES string of the molecule is CCNC(c1cc(F)cc(F)c1)c1ccc(I)c(Cl)c1. The Morgan fingerprint density at radius 3 is 2.30 bits per heavy atom. The standard InChI is InChI=1S/C15H13ClF2IN/c1-2-20-15(9-3-4-14(19)13(16)7-9)10-5-11(17)8-12(18)6-10/h3-8,15,20H,2H2,1H3. The Morgan fingerprint density at radius 2 is 1.75 bits per heavy atom. The Kier molecular flexibility index (Phi) is 5.35. The van der Waals surface area contributed by atoms with Crippen molar-refractivity contribution in [1.29, 1.82) is 0 Å². The highest BCUT2D eigenvalue weighted by atomic mass is 127. The molecule has 0 amide bonds. The molecule has 1 nitrogen and oxygen atoms in total. The fourth-order valence-electron chi connectivity index (χ4n) is 2.07. The minimum absolute atomic E-state index is 0.292. The second kappa shape index (κ2) is 6.83. The zero-order chi connectivity index (χ0) is 14.7. The summed E-state index contributed by atoms with van der Waals surface area (Å²) >= 11 is 8.26. The van der Waals surface area contributed by atoms with Crippen molar-refractivity contribution in [3.8, 4) is 0 Å². The Morgan fingerprint density at radius 1 is 1.10 bits per heavy atom. The van der Waals surface area contributed by atoms with E-state index in [1.54, 1.807) is 0 Å². The van der Waals surface area contributed by atoms with Gasteiger partial charge in [0.05, 0.1) is 11.1 Å². The van der Waals surface area contributed by atoms with E-state index in [2.05, 4.69) is 27.9 Å². The Balaban J connectivity index is 2.46. The second-order valence-electron chi connectivity index (χ2n) is 4.37. The normalized spacial score (nSPS) is 12.4. The van der Waals surface area contributed by atoms with Gasteiger partial charge in [0.25, 0.3) is 0 Å². The lowest BCUT2D eigenvalue weighted by Gasteiger charge is -2.19. The summed E-state index contributed by atoms with van der Waals surface area (Å²) in [4.78, 5) is 0. The Labute approximate surface area is 135 Å². The first-order valence-corrected chi connectivity index (χ1v) is 7.61. The van der Waals surface area contributed by atoms with E-state index in [1.807, 2.05) is 25.1 Å². The van der Waals surface area contributed by atoms with E-state index in [1.165, 1.54) is 12.1 Å². The predicted molar refractivity (Wildman–Crippen MR) is 86.0 cm³/mol. The number of halogens is 4. The summed E-state index contributed by atoms with van der Waals surface area (Å²) in [6.45, 7) is 2.61. The van der Waals surface area contributed by atoms with Gasteiger partial charge in [-0.1, -0.05) is 24.6 Å². The first-order valence-electron chi connectivity index (χ1n) is 6.15. The lowest BCUT2D eigenvalue weighted by atomic mass is 9.98. The lowest BCUT2D eigenvalue weighted by molar-refractivity contribution is 0.565. The quantitative estimate of drug-likeness (QED) is 0.709. The maximum atomic E-state index is 13.4. The van der Waals surface area contributed by atoms with Crippen LogP contribution in [-0.4, -0.2) is 6.54 Å². The van der Waals surface area contributed by atoms with Crippen molar-refractivity contribution in [1.82, 2.24) is 5.32 Å². The van der Waals surface area contributed by atoms with Gasteiger partial charge in [0.2, 0.25) is 0 Å². The van der Waals surface area contributed by atoms with E-state index in [0.717, 1.165) is 15.2 Å². The van der Waals surface area contributed by atoms with Gasteiger partial charge in [-0.25, -0.2) is 8.78 Å². The molecule has 0 aliphatic rings. The molecule has 0 aliphatic heterocycles. The molecule has 1 N–H and O–H groups in total. The maximum absolute atomic E-state index is 13.4. The smallest absolute Gasteiger partial charge is 0.126 e. The van der Waals surface area contributed by atoms with Crippen LogP contribution in [0.1, 0.15) is 24.1 Å². The lowest BCUT2D eigenvalue weighted by Crippen LogP contribution is -2.22. The highest BCUT2D eigenvalue weighted by Gasteiger charge is 2.16. The second-order valence-corrected chi connectivity index (χ2v) is 5.94. The fourth-order valence-corrected chi connectivity index (χ4v) is 2.59. The number of nitrogens with one attached hydrogen (secondary N) is 1. The molecule has 0 bridgehead atoms. The predicted octanol–water partition coefficient (Wildman–Crippen LogP) is 4.92. The third-order valence-corrected chi connectivity index (χ3v) is 4.48. The molecule has 0 aromatic heterocycles. The largest absolute Gasteiger partial charge is 0.307 e. The minimum atomic E-state index is -0.584. The van der Waals surface area contributed by atoms with Gasteiger partial charge < -0.3 is 5.32 Å². The summed E-state index contributed by atoms with van der Waals surface area (Å²) in [6.07, 6.45) is 0. The molecule has 1 unspecified atom stereocenters. The van der Waals surface area contributed by atoms with E-state index in [4.69, 9.17) is 11.6 Å². The van der Waals surface area contributed by atoms with Crippen molar-refractivity contribution in [3.63, 3.8) is 0 Å². The molecule has 0 saturated heterocycles. The Hall–Kier alpha value is -0.720. The average molecular weight is 408 g/mol. The molecular formula is C15H13ClF2IN. The third kappa shape index (κ3) is 3.68. The van der Waals surface area contributed by atoms with Crippen molar-refractivity contribution in [2.45, 2.75) is 13.0 Å². The van der Waals surface area contributed by atoms with Gasteiger partial charge in [0.1, 0.15) is 11.6 Å². The average Bonchev–Trinajstić information content (AvgIpc) is 2.38. The summed E-state index contributed by atoms with van der Waals surface area (Å²) in [5.74, 6) is -1.17. The van der Waals surface area contributed by atoms with Crippen LogP contribution in [0.3, 0.4) is 0 Å². The molecule has 2 rings (SSSR count). The molecular weight excluding hydrogens is 395 g/mol. The molecule has 2 aromatic carbocycles. The van der Waals surface area contributed by atoms with E-state index in [0.29, 0.717) is 17.1 Å². The van der Waals surface area contributed by atoms with Gasteiger partial charge in [-0.05, 0) is 64.5 Å². The summed E-state index contributed by atoms with van der Waals surface area (Å²) in [6, 6.07) is 8.86. The summed E-state index contributed by atoms with van der Waals surface area (Å²) in [7, 11) is 0. The molecule has 0 saturated carbocycles. The molecule has 0 heterocycles. The van der Waals surface area contributed by atoms with E-state index < -0.39 is 11.6 Å². The van der Waals surface area contributed by atoms with Crippen LogP contribution in [0.2, 0.25) is 5.02 Å². The van der Waals surface area contributed by atoms with Gasteiger partial charge in [0, 0.05) is 9.64 Å². The van der Waals surface area contributed by atoms with Crippen molar-refractivity contribution in [2.75, 3.05) is 6.54 Å². The fraction of sp³-hybridized carbons (Fsp3) is 0.200. The van der Waals surface area contributed by atoms with Gasteiger partial charge in [-0.2, -0.15) is 0 Å². The first-order chi connectivity index (χ1) is 9.51. The number of hydrogen-bond donors (Lipinski definition) is 1. The summed E-state index contributed by atoms with van der Waals surface area (Å²) in [5.41, 5.74) is 1.42. The summed E-state index contributed by atoms with van der Waals surface area (Å²) in [5, 5.41) is 3.85. The molecule has 0 aliphatic carbocycles. The van der Waals surface area contributed by atoms with Crippen LogP contribution < -0.4 is 5.32 Å². The van der Waals surface area contributed by atoms with Crippen LogP contribution in [0.5, 0.6) is 0 Å². The zero-order valence-corrected chi connectivity index (χ0v) is 13.7. The van der Waals surface area contributed by atoms with Crippen LogP contribution in [0.4, 0.5) is 8.78 Å². The van der Waals surface area contributed by atoms with Crippen LogP contribution >= 0.6 is 34.2 Å². The van der Waals surface area contributed by atoms with Gasteiger partial charge >= 0.3 is 0 Å². The number of rotatable bonds is 4. The van der Waals surface area contributed by atoms with Crippen molar-refractivity contribution in [2.24, 2.45) is 0 Å². The van der Waals surface area contributed by atoms with Gasteiger partial charge in [0.15, 0.2) is 0 Å².